The second-order valence-electron chi connectivity index (χ2n) is 6.23. The number of ether oxygens (including phenoxy) is 2. The Morgan fingerprint density at radius 3 is 2.62 bits per heavy atom. The normalized spacial score (nSPS) is 14.8. The molecule has 2 aromatic carbocycles. The Balaban J connectivity index is 1.44. The number of benzene rings is 2. The van der Waals surface area contributed by atoms with Crippen molar-refractivity contribution in [3.63, 3.8) is 0 Å². The summed E-state index contributed by atoms with van der Waals surface area (Å²) in [7, 11) is 0. The molecule has 0 atom stereocenters. The number of morpholine rings is 1. The third kappa shape index (κ3) is 6.12. The minimum atomic E-state index is -0.133. The number of hydrogen-bond donors (Lipinski definition) is 1. The molecule has 3 rings (SSSR count). The van der Waals surface area contributed by atoms with Crippen LogP contribution in [0.5, 0.6) is 5.75 Å². The molecule has 5 nitrogen and oxygen atoms in total. The van der Waals surface area contributed by atoms with E-state index in [9.17, 15) is 4.79 Å². The second-order valence-corrected chi connectivity index (χ2v) is 7.14. The molecule has 0 saturated carbocycles. The lowest BCUT2D eigenvalue weighted by Crippen LogP contribution is -2.35. The number of carbonyl (C=O) groups excluding carboxylic acids is 1. The molecule has 0 radical (unpaired) electrons. The lowest BCUT2D eigenvalue weighted by atomic mass is 10.1. The molecule has 1 saturated heterocycles. The highest BCUT2D eigenvalue weighted by Gasteiger charge is 2.11. The summed E-state index contributed by atoms with van der Waals surface area (Å²) >= 11 is 3.37. The Hall–Kier alpha value is -1.89. The number of amides is 1. The van der Waals surface area contributed by atoms with Crippen molar-refractivity contribution in [2.75, 3.05) is 32.9 Å². The molecule has 1 amide bonds. The number of carbonyl (C=O) groups is 1. The molecule has 0 unspecified atom stereocenters. The van der Waals surface area contributed by atoms with Crippen LogP contribution in [-0.4, -0.2) is 43.7 Å². The number of hydrogen-bond acceptors (Lipinski definition) is 4. The van der Waals surface area contributed by atoms with Crippen LogP contribution in [0.25, 0.3) is 0 Å². The zero-order valence-corrected chi connectivity index (χ0v) is 16.2. The van der Waals surface area contributed by atoms with Gasteiger partial charge in [-0.1, -0.05) is 40.2 Å². The standard InChI is InChI=1S/C20H23BrN2O3/c21-18-4-6-19(7-5-18)26-15-20(24)22-13-16-2-1-3-17(12-16)14-23-8-10-25-11-9-23/h1-7,12H,8-11,13-15H2,(H,22,24). The number of nitrogens with zero attached hydrogens (tertiary/aromatic N) is 1. The summed E-state index contributed by atoms with van der Waals surface area (Å²) in [6.07, 6.45) is 0. The Bertz CT molecular complexity index is 715. The predicted molar refractivity (Wildman–Crippen MR) is 104 cm³/mol. The number of nitrogens with one attached hydrogen (secondary N) is 1. The van der Waals surface area contributed by atoms with Crippen LogP contribution in [0.15, 0.2) is 53.0 Å². The molecule has 0 aliphatic carbocycles. The van der Waals surface area contributed by atoms with Crippen LogP contribution in [0, 0.1) is 0 Å². The molecule has 1 aliphatic heterocycles. The van der Waals surface area contributed by atoms with Gasteiger partial charge in [-0.05, 0) is 35.4 Å². The quantitative estimate of drug-likeness (QED) is 0.750. The van der Waals surface area contributed by atoms with Gasteiger partial charge in [-0.25, -0.2) is 0 Å². The van der Waals surface area contributed by atoms with Crippen molar-refractivity contribution >= 4 is 21.8 Å². The summed E-state index contributed by atoms with van der Waals surface area (Å²) < 4.78 is 11.8. The molecule has 0 aromatic heterocycles. The van der Waals surface area contributed by atoms with Gasteiger partial charge in [-0.2, -0.15) is 0 Å². The van der Waals surface area contributed by atoms with Gasteiger partial charge in [0.05, 0.1) is 13.2 Å². The van der Waals surface area contributed by atoms with Crippen LogP contribution in [-0.2, 0) is 22.6 Å². The molecule has 1 heterocycles. The van der Waals surface area contributed by atoms with Crippen molar-refractivity contribution in [3.8, 4) is 5.75 Å². The first kappa shape index (κ1) is 18.9. The summed E-state index contributed by atoms with van der Waals surface area (Å²) in [5.74, 6) is 0.544. The summed E-state index contributed by atoms with van der Waals surface area (Å²) in [6.45, 7) is 4.96. The van der Waals surface area contributed by atoms with Crippen molar-refractivity contribution in [2.24, 2.45) is 0 Å². The zero-order chi connectivity index (χ0) is 18.2. The van der Waals surface area contributed by atoms with Crippen LogP contribution in [0.2, 0.25) is 0 Å². The maximum Gasteiger partial charge on any atom is 0.258 e. The molecular weight excluding hydrogens is 396 g/mol. The highest BCUT2D eigenvalue weighted by atomic mass is 79.9. The Morgan fingerprint density at radius 1 is 1.12 bits per heavy atom. The highest BCUT2D eigenvalue weighted by molar-refractivity contribution is 9.10. The summed E-state index contributed by atoms with van der Waals surface area (Å²) in [6, 6.07) is 15.7. The molecule has 26 heavy (non-hydrogen) atoms. The van der Waals surface area contributed by atoms with E-state index in [4.69, 9.17) is 9.47 Å². The smallest absolute Gasteiger partial charge is 0.258 e. The van der Waals surface area contributed by atoms with Gasteiger partial charge in [0.2, 0.25) is 0 Å². The van der Waals surface area contributed by atoms with Gasteiger partial charge < -0.3 is 14.8 Å². The minimum Gasteiger partial charge on any atom is -0.484 e. The third-order valence-electron chi connectivity index (χ3n) is 4.17. The van der Waals surface area contributed by atoms with Gasteiger partial charge >= 0.3 is 0 Å². The molecule has 0 spiro atoms. The fourth-order valence-electron chi connectivity index (χ4n) is 2.79. The van der Waals surface area contributed by atoms with Crippen molar-refractivity contribution in [1.82, 2.24) is 10.2 Å². The fraction of sp³-hybridized carbons (Fsp3) is 0.350. The van der Waals surface area contributed by atoms with E-state index in [1.54, 1.807) is 0 Å². The fourth-order valence-corrected chi connectivity index (χ4v) is 3.05. The van der Waals surface area contributed by atoms with E-state index >= 15 is 0 Å². The molecular formula is C20H23BrN2O3. The topological polar surface area (TPSA) is 50.8 Å². The lowest BCUT2D eigenvalue weighted by Gasteiger charge is -2.26. The first-order valence-electron chi connectivity index (χ1n) is 8.72. The molecule has 1 fully saturated rings. The first-order chi connectivity index (χ1) is 12.7. The van der Waals surface area contributed by atoms with Crippen molar-refractivity contribution in [2.45, 2.75) is 13.1 Å². The SMILES string of the molecule is O=C(COc1ccc(Br)cc1)NCc1cccc(CN2CCOCC2)c1. The molecule has 0 bridgehead atoms. The second kappa shape index (κ2) is 9.71. The van der Waals surface area contributed by atoms with Crippen molar-refractivity contribution in [1.29, 1.82) is 0 Å². The van der Waals surface area contributed by atoms with E-state index in [2.05, 4.69) is 38.3 Å². The van der Waals surface area contributed by atoms with Crippen molar-refractivity contribution in [3.05, 3.63) is 64.1 Å². The van der Waals surface area contributed by atoms with E-state index in [0.717, 1.165) is 42.9 Å². The maximum atomic E-state index is 12.0. The number of halogens is 1. The highest BCUT2D eigenvalue weighted by Crippen LogP contribution is 2.16. The van der Waals surface area contributed by atoms with Crippen LogP contribution < -0.4 is 10.1 Å². The monoisotopic (exact) mass is 418 g/mol. The van der Waals surface area contributed by atoms with Crippen LogP contribution >= 0.6 is 15.9 Å². The van der Waals surface area contributed by atoms with E-state index in [1.807, 2.05) is 36.4 Å². The number of rotatable bonds is 7. The lowest BCUT2D eigenvalue weighted by molar-refractivity contribution is -0.123. The average Bonchev–Trinajstić information content (AvgIpc) is 2.67. The Labute approximate surface area is 162 Å². The van der Waals surface area contributed by atoms with Crippen LogP contribution in [0.1, 0.15) is 11.1 Å². The first-order valence-corrected chi connectivity index (χ1v) is 9.51. The van der Waals surface area contributed by atoms with Gasteiger partial charge in [0.15, 0.2) is 6.61 Å². The summed E-state index contributed by atoms with van der Waals surface area (Å²) in [5.41, 5.74) is 2.34. The van der Waals surface area contributed by atoms with Crippen LogP contribution in [0.4, 0.5) is 0 Å². The van der Waals surface area contributed by atoms with Gasteiger partial charge in [0.25, 0.3) is 5.91 Å². The van der Waals surface area contributed by atoms with E-state index in [0.29, 0.717) is 12.3 Å². The average molecular weight is 419 g/mol. The minimum absolute atomic E-state index is 0.00903. The van der Waals surface area contributed by atoms with E-state index < -0.39 is 0 Å². The largest absolute Gasteiger partial charge is 0.484 e. The van der Waals surface area contributed by atoms with Crippen molar-refractivity contribution < 1.29 is 14.3 Å². The van der Waals surface area contributed by atoms with Gasteiger partial charge in [0, 0.05) is 30.7 Å². The van der Waals surface area contributed by atoms with E-state index in [-0.39, 0.29) is 12.5 Å². The van der Waals surface area contributed by atoms with Gasteiger partial charge in [-0.15, -0.1) is 0 Å². The summed E-state index contributed by atoms with van der Waals surface area (Å²) in [4.78, 5) is 14.4. The van der Waals surface area contributed by atoms with E-state index in [1.165, 1.54) is 5.56 Å². The summed E-state index contributed by atoms with van der Waals surface area (Å²) in [5, 5.41) is 2.90. The molecule has 6 heteroatoms. The Kier molecular flexibility index (Phi) is 7.05. The third-order valence-corrected chi connectivity index (χ3v) is 4.70. The maximum absolute atomic E-state index is 12.0. The molecule has 1 N–H and O–H groups in total. The van der Waals surface area contributed by atoms with Gasteiger partial charge in [0.1, 0.15) is 5.75 Å². The predicted octanol–water partition coefficient (Wildman–Crippen LogP) is 2.98. The van der Waals surface area contributed by atoms with Crippen LogP contribution in [0.3, 0.4) is 0 Å². The molecule has 2 aromatic rings. The molecule has 138 valence electrons. The van der Waals surface area contributed by atoms with Gasteiger partial charge in [-0.3, -0.25) is 9.69 Å². The Morgan fingerprint density at radius 2 is 1.85 bits per heavy atom. The zero-order valence-electron chi connectivity index (χ0n) is 14.6. The molecule has 1 aliphatic rings.